The Balaban J connectivity index is 1.52. The molecule has 1 aromatic carbocycles. The van der Waals surface area contributed by atoms with E-state index >= 15 is 0 Å². The first-order valence-corrected chi connectivity index (χ1v) is 8.42. The van der Waals surface area contributed by atoms with Crippen molar-refractivity contribution >= 4 is 17.7 Å². The van der Waals surface area contributed by atoms with Crippen LogP contribution in [0, 0.1) is 0 Å². The average Bonchev–Trinajstić information content (AvgIpc) is 3.16. The fourth-order valence-corrected chi connectivity index (χ4v) is 3.15. The fourth-order valence-electron chi connectivity index (χ4n) is 3.15. The van der Waals surface area contributed by atoms with Crippen molar-refractivity contribution in [3.05, 3.63) is 24.3 Å². The number of nitrogens with one attached hydrogen (secondary N) is 1. The highest BCUT2D eigenvalue weighted by molar-refractivity contribution is 5.91. The molecule has 2 heterocycles. The van der Waals surface area contributed by atoms with Crippen LogP contribution in [0.25, 0.3) is 0 Å². The van der Waals surface area contributed by atoms with Gasteiger partial charge < -0.3 is 24.8 Å². The molecule has 0 unspecified atom stereocenters. The summed E-state index contributed by atoms with van der Waals surface area (Å²) < 4.78 is 5.25. The number of hydrogen-bond donors (Lipinski definition) is 1. The number of carbonyl (C=O) groups is 2. The Labute approximate surface area is 142 Å². The van der Waals surface area contributed by atoms with Gasteiger partial charge in [0, 0.05) is 39.3 Å². The molecule has 2 aliphatic rings. The van der Waals surface area contributed by atoms with Gasteiger partial charge in [-0.1, -0.05) is 12.1 Å². The number of piperazine rings is 1. The average molecular weight is 332 g/mol. The predicted molar refractivity (Wildman–Crippen MR) is 91.4 cm³/mol. The molecule has 0 aromatic heterocycles. The highest BCUT2D eigenvalue weighted by Gasteiger charge is 2.28. The van der Waals surface area contributed by atoms with Crippen molar-refractivity contribution in [1.29, 1.82) is 0 Å². The third-order valence-corrected chi connectivity index (χ3v) is 4.56. The first-order chi connectivity index (χ1) is 11.7. The molecular formula is C17H24N4O3. The molecule has 1 N–H and O–H groups in total. The van der Waals surface area contributed by atoms with Crippen molar-refractivity contribution in [2.75, 3.05) is 51.7 Å². The zero-order valence-corrected chi connectivity index (χ0v) is 14.0. The van der Waals surface area contributed by atoms with Gasteiger partial charge >= 0.3 is 12.1 Å². The normalized spacial score (nSPS) is 17.8. The summed E-state index contributed by atoms with van der Waals surface area (Å²) >= 11 is 0. The first kappa shape index (κ1) is 16.4. The number of benzene rings is 1. The lowest BCUT2D eigenvalue weighted by atomic mass is 10.3. The summed E-state index contributed by atoms with van der Waals surface area (Å²) in [4.78, 5) is 30.3. The van der Waals surface area contributed by atoms with E-state index in [1.165, 1.54) is 0 Å². The molecular weight excluding hydrogens is 308 g/mol. The van der Waals surface area contributed by atoms with E-state index < -0.39 is 0 Å². The zero-order valence-electron chi connectivity index (χ0n) is 14.0. The van der Waals surface area contributed by atoms with E-state index in [9.17, 15) is 9.59 Å². The molecule has 0 aliphatic carbocycles. The molecule has 0 radical (unpaired) electrons. The van der Waals surface area contributed by atoms with Gasteiger partial charge in [0.05, 0.1) is 12.8 Å². The van der Waals surface area contributed by atoms with Crippen LogP contribution < -0.4 is 10.1 Å². The molecule has 130 valence electrons. The Morgan fingerprint density at radius 1 is 0.917 bits per heavy atom. The maximum Gasteiger partial charge on any atom is 0.322 e. The number of nitrogens with zero attached hydrogens (tertiary/aromatic N) is 3. The van der Waals surface area contributed by atoms with Gasteiger partial charge in [0.1, 0.15) is 5.75 Å². The highest BCUT2D eigenvalue weighted by atomic mass is 16.5. The Morgan fingerprint density at radius 2 is 1.50 bits per heavy atom. The Hall–Kier alpha value is -2.44. The summed E-state index contributed by atoms with van der Waals surface area (Å²) in [5, 5.41) is 2.88. The molecule has 0 saturated carbocycles. The molecule has 3 rings (SSSR count). The first-order valence-electron chi connectivity index (χ1n) is 8.42. The van der Waals surface area contributed by atoms with Gasteiger partial charge in [0.2, 0.25) is 0 Å². The summed E-state index contributed by atoms with van der Waals surface area (Å²) in [5.41, 5.74) is 0.653. The number of urea groups is 2. The van der Waals surface area contributed by atoms with E-state index in [0.29, 0.717) is 37.6 Å². The topological polar surface area (TPSA) is 65.1 Å². The van der Waals surface area contributed by atoms with Crippen LogP contribution in [0.3, 0.4) is 0 Å². The predicted octanol–water partition coefficient (Wildman–Crippen LogP) is 2.06. The largest absolute Gasteiger partial charge is 0.495 e. The lowest BCUT2D eigenvalue weighted by Crippen LogP contribution is -2.54. The summed E-state index contributed by atoms with van der Waals surface area (Å²) in [6.07, 6.45) is 2.18. The third kappa shape index (κ3) is 3.55. The van der Waals surface area contributed by atoms with Gasteiger partial charge in [-0.25, -0.2) is 9.59 Å². The third-order valence-electron chi connectivity index (χ3n) is 4.56. The lowest BCUT2D eigenvalue weighted by Gasteiger charge is -2.36. The van der Waals surface area contributed by atoms with Crippen LogP contribution in [0.5, 0.6) is 5.75 Å². The van der Waals surface area contributed by atoms with Crippen LogP contribution in [0.1, 0.15) is 12.8 Å². The van der Waals surface area contributed by atoms with Crippen LogP contribution in [0.4, 0.5) is 15.3 Å². The summed E-state index contributed by atoms with van der Waals surface area (Å²) in [7, 11) is 1.58. The van der Waals surface area contributed by atoms with Crippen molar-refractivity contribution in [3.8, 4) is 5.75 Å². The number of para-hydroxylation sites is 2. The highest BCUT2D eigenvalue weighted by Crippen LogP contribution is 2.23. The molecule has 7 nitrogen and oxygen atoms in total. The number of amides is 4. The van der Waals surface area contributed by atoms with E-state index in [0.717, 1.165) is 25.9 Å². The molecule has 1 aromatic rings. The zero-order chi connectivity index (χ0) is 16.9. The second kappa shape index (κ2) is 7.42. The SMILES string of the molecule is COc1ccccc1NC(=O)N1CCN(C(=O)N2CCCC2)CC1. The number of hydrogen-bond acceptors (Lipinski definition) is 3. The van der Waals surface area contributed by atoms with Crippen molar-refractivity contribution in [3.63, 3.8) is 0 Å². The van der Waals surface area contributed by atoms with E-state index in [1.807, 2.05) is 34.1 Å². The molecule has 24 heavy (non-hydrogen) atoms. The standard InChI is InChI=1S/C17H24N4O3/c1-24-15-7-3-2-6-14(15)18-16(22)19-10-12-21(13-11-19)17(23)20-8-4-5-9-20/h2-3,6-7H,4-5,8-13H2,1H3,(H,18,22). The molecule has 0 atom stereocenters. The molecule has 4 amide bonds. The number of rotatable bonds is 2. The summed E-state index contributed by atoms with van der Waals surface area (Å²) in [6, 6.07) is 7.28. The maximum atomic E-state index is 12.4. The quantitative estimate of drug-likeness (QED) is 0.901. The van der Waals surface area contributed by atoms with E-state index in [4.69, 9.17) is 4.74 Å². The minimum Gasteiger partial charge on any atom is -0.495 e. The number of likely N-dealkylation sites (tertiary alicyclic amines) is 1. The van der Waals surface area contributed by atoms with Gasteiger partial charge in [-0.2, -0.15) is 0 Å². The van der Waals surface area contributed by atoms with E-state index in [-0.39, 0.29) is 12.1 Å². The Kier molecular flexibility index (Phi) is 5.08. The van der Waals surface area contributed by atoms with Crippen LogP contribution in [-0.4, -0.2) is 73.1 Å². The minimum atomic E-state index is -0.159. The van der Waals surface area contributed by atoms with Crippen molar-refractivity contribution < 1.29 is 14.3 Å². The van der Waals surface area contributed by atoms with Gasteiger partial charge in [0.15, 0.2) is 0 Å². The van der Waals surface area contributed by atoms with Crippen LogP contribution in [0.15, 0.2) is 24.3 Å². The van der Waals surface area contributed by atoms with Crippen LogP contribution in [-0.2, 0) is 0 Å². The minimum absolute atomic E-state index is 0.109. The molecule has 2 fully saturated rings. The second-order valence-corrected chi connectivity index (χ2v) is 6.08. The van der Waals surface area contributed by atoms with Crippen molar-refractivity contribution in [2.24, 2.45) is 0 Å². The van der Waals surface area contributed by atoms with E-state index in [1.54, 1.807) is 12.0 Å². The summed E-state index contributed by atoms with van der Waals surface area (Å²) in [6.45, 7) is 3.95. The molecule has 2 saturated heterocycles. The monoisotopic (exact) mass is 332 g/mol. The Morgan fingerprint density at radius 3 is 2.17 bits per heavy atom. The number of carbonyl (C=O) groups excluding carboxylic acids is 2. The lowest BCUT2D eigenvalue weighted by molar-refractivity contribution is 0.128. The van der Waals surface area contributed by atoms with Crippen molar-refractivity contribution in [1.82, 2.24) is 14.7 Å². The van der Waals surface area contributed by atoms with Gasteiger partial charge in [-0.3, -0.25) is 0 Å². The van der Waals surface area contributed by atoms with Gasteiger partial charge in [0.25, 0.3) is 0 Å². The van der Waals surface area contributed by atoms with Crippen LogP contribution >= 0.6 is 0 Å². The number of methoxy groups -OCH3 is 1. The molecule has 7 heteroatoms. The maximum absolute atomic E-state index is 12.4. The van der Waals surface area contributed by atoms with E-state index in [2.05, 4.69) is 5.32 Å². The smallest absolute Gasteiger partial charge is 0.322 e. The summed E-state index contributed by atoms with van der Waals surface area (Å²) in [5.74, 6) is 0.633. The molecule has 0 spiro atoms. The van der Waals surface area contributed by atoms with Crippen LogP contribution in [0.2, 0.25) is 0 Å². The molecule has 2 aliphatic heterocycles. The number of anilines is 1. The molecule has 0 bridgehead atoms. The number of ether oxygens (including phenoxy) is 1. The van der Waals surface area contributed by atoms with Gasteiger partial charge in [-0.05, 0) is 25.0 Å². The second-order valence-electron chi connectivity index (χ2n) is 6.08. The fraction of sp³-hybridized carbons (Fsp3) is 0.529. The Bertz CT molecular complexity index is 593. The van der Waals surface area contributed by atoms with Crippen molar-refractivity contribution in [2.45, 2.75) is 12.8 Å². The van der Waals surface area contributed by atoms with Gasteiger partial charge in [-0.15, -0.1) is 0 Å².